The number of carbonyl (C=O) groups excluding carboxylic acids is 2. The fourth-order valence-electron chi connectivity index (χ4n) is 2.03. The molecule has 0 heterocycles. The van der Waals surface area contributed by atoms with Crippen molar-refractivity contribution in [2.75, 3.05) is 11.9 Å². The van der Waals surface area contributed by atoms with Gasteiger partial charge in [-0.05, 0) is 31.7 Å². The van der Waals surface area contributed by atoms with Crippen molar-refractivity contribution in [1.82, 2.24) is 0 Å². The quantitative estimate of drug-likeness (QED) is 0.402. The van der Waals surface area contributed by atoms with Crippen molar-refractivity contribution in [2.45, 2.75) is 33.1 Å². The maximum atomic E-state index is 11.8. The molecule has 1 aliphatic rings. The van der Waals surface area contributed by atoms with E-state index in [2.05, 4.69) is 23.6 Å². The highest BCUT2D eigenvalue weighted by molar-refractivity contribution is 6.32. The molecule has 122 valence electrons. The van der Waals surface area contributed by atoms with E-state index in [1.54, 1.807) is 30.3 Å². The SMILES string of the molecule is C=CCN=C.CC.[B]c1cccc(NC(=O)C2CCCC2=O)c1. The van der Waals surface area contributed by atoms with E-state index in [1.165, 1.54) is 0 Å². The lowest BCUT2D eigenvalue weighted by Crippen LogP contribution is -2.26. The Bertz CT molecular complexity index is 524. The van der Waals surface area contributed by atoms with Crippen LogP contribution in [0.2, 0.25) is 0 Å². The zero-order valence-electron chi connectivity index (χ0n) is 14.0. The zero-order valence-corrected chi connectivity index (χ0v) is 14.0. The van der Waals surface area contributed by atoms with E-state index >= 15 is 0 Å². The Kier molecular flexibility index (Phi) is 11.2. The molecule has 1 atom stereocenters. The van der Waals surface area contributed by atoms with Gasteiger partial charge in [0.05, 0.1) is 12.5 Å². The van der Waals surface area contributed by atoms with Crippen LogP contribution in [-0.2, 0) is 9.59 Å². The van der Waals surface area contributed by atoms with Crippen LogP contribution in [0.25, 0.3) is 0 Å². The zero-order chi connectivity index (χ0) is 17.7. The van der Waals surface area contributed by atoms with Crippen molar-refractivity contribution >= 4 is 37.4 Å². The molecule has 0 spiro atoms. The highest BCUT2D eigenvalue weighted by Crippen LogP contribution is 2.22. The second-order valence-electron chi connectivity index (χ2n) is 4.72. The molecule has 23 heavy (non-hydrogen) atoms. The standard InChI is InChI=1S/C12H12BNO2.C4H7N.C2H6/c13-8-3-1-4-9(7-8)14-12(16)10-5-2-6-11(10)15;1-3-4-5-2;1-2/h1,3-4,7,10H,2,5-6H2,(H,14,16);3H,1-2,4H2;1-2H3. The summed E-state index contributed by atoms with van der Waals surface area (Å²) in [6.45, 7) is 11.3. The first-order valence-corrected chi connectivity index (χ1v) is 7.81. The summed E-state index contributed by atoms with van der Waals surface area (Å²) < 4.78 is 0. The molecular formula is C18H25BN2O2. The maximum absolute atomic E-state index is 11.8. The first-order chi connectivity index (χ1) is 11.1. The third-order valence-electron chi connectivity index (χ3n) is 3.03. The van der Waals surface area contributed by atoms with Crippen LogP contribution >= 0.6 is 0 Å². The van der Waals surface area contributed by atoms with Crippen LogP contribution in [0, 0.1) is 5.92 Å². The summed E-state index contributed by atoms with van der Waals surface area (Å²) in [5.41, 5.74) is 1.24. The minimum atomic E-state index is -0.471. The van der Waals surface area contributed by atoms with Gasteiger partial charge in [-0.2, -0.15) is 0 Å². The molecule has 1 unspecified atom stereocenters. The number of ketones is 1. The molecule has 1 aliphatic carbocycles. The summed E-state index contributed by atoms with van der Waals surface area (Å²) in [5.74, 6) is -0.643. The molecule has 1 fully saturated rings. The minimum absolute atomic E-state index is 0.0430. The fourth-order valence-corrected chi connectivity index (χ4v) is 2.03. The van der Waals surface area contributed by atoms with Gasteiger partial charge in [0.25, 0.3) is 0 Å². The smallest absolute Gasteiger partial charge is 0.234 e. The Morgan fingerprint density at radius 2 is 2.17 bits per heavy atom. The number of aliphatic imine (C=N–C) groups is 1. The third kappa shape index (κ3) is 8.14. The molecule has 0 aliphatic heterocycles. The van der Waals surface area contributed by atoms with Gasteiger partial charge in [-0.25, -0.2) is 0 Å². The van der Waals surface area contributed by atoms with Gasteiger partial charge in [0.1, 0.15) is 13.6 Å². The largest absolute Gasteiger partial charge is 0.325 e. The topological polar surface area (TPSA) is 58.5 Å². The highest BCUT2D eigenvalue weighted by atomic mass is 16.2. The van der Waals surface area contributed by atoms with E-state index in [-0.39, 0.29) is 11.7 Å². The first kappa shape index (κ1) is 20.8. The Morgan fingerprint density at radius 3 is 2.61 bits per heavy atom. The second-order valence-corrected chi connectivity index (χ2v) is 4.72. The second kappa shape index (κ2) is 12.4. The number of hydrogen-bond acceptors (Lipinski definition) is 3. The number of carbonyl (C=O) groups is 2. The van der Waals surface area contributed by atoms with Gasteiger partial charge in [-0.3, -0.25) is 14.6 Å². The van der Waals surface area contributed by atoms with E-state index in [0.29, 0.717) is 30.5 Å². The number of nitrogens with one attached hydrogen (secondary N) is 1. The van der Waals surface area contributed by atoms with Crippen LogP contribution < -0.4 is 10.8 Å². The molecule has 0 saturated heterocycles. The van der Waals surface area contributed by atoms with Crippen LogP contribution in [-0.4, -0.2) is 32.8 Å². The van der Waals surface area contributed by atoms with Gasteiger partial charge in [-0.15, -0.1) is 6.58 Å². The van der Waals surface area contributed by atoms with Crippen LogP contribution in [0.15, 0.2) is 41.9 Å². The molecule has 0 aromatic heterocycles. The molecule has 1 aromatic carbocycles. The molecule has 1 amide bonds. The third-order valence-corrected chi connectivity index (χ3v) is 3.03. The predicted molar refractivity (Wildman–Crippen MR) is 98.8 cm³/mol. The van der Waals surface area contributed by atoms with Crippen LogP contribution in [0.3, 0.4) is 0 Å². The van der Waals surface area contributed by atoms with Gasteiger partial charge in [0, 0.05) is 12.1 Å². The number of nitrogens with zero attached hydrogens (tertiary/aromatic N) is 1. The van der Waals surface area contributed by atoms with Gasteiger partial charge in [0.15, 0.2) is 0 Å². The predicted octanol–water partition coefficient (Wildman–Crippen LogP) is 2.69. The van der Waals surface area contributed by atoms with E-state index < -0.39 is 5.92 Å². The molecule has 2 rings (SSSR count). The summed E-state index contributed by atoms with van der Waals surface area (Å²) in [6.07, 6.45) is 3.70. The average molecular weight is 312 g/mol. The number of benzene rings is 1. The normalized spacial score (nSPS) is 15.4. The molecule has 0 bridgehead atoms. The molecule has 5 heteroatoms. The number of Topliss-reactive ketones (excluding diaryl/α,β-unsaturated/α-hetero) is 1. The Morgan fingerprint density at radius 1 is 1.48 bits per heavy atom. The summed E-state index contributed by atoms with van der Waals surface area (Å²) >= 11 is 0. The lowest BCUT2D eigenvalue weighted by atomic mass is 9.96. The number of amides is 1. The number of hydrogen-bond donors (Lipinski definition) is 1. The number of rotatable bonds is 4. The summed E-state index contributed by atoms with van der Waals surface area (Å²) in [7, 11) is 5.60. The average Bonchev–Trinajstić information content (AvgIpc) is 2.97. The van der Waals surface area contributed by atoms with Crippen LogP contribution in [0.5, 0.6) is 0 Å². The van der Waals surface area contributed by atoms with Crippen molar-refractivity contribution in [3.8, 4) is 0 Å². The van der Waals surface area contributed by atoms with Crippen molar-refractivity contribution in [2.24, 2.45) is 10.9 Å². The lowest BCUT2D eigenvalue weighted by molar-refractivity contribution is -0.129. The van der Waals surface area contributed by atoms with E-state index in [0.717, 1.165) is 6.42 Å². The monoisotopic (exact) mass is 312 g/mol. The molecule has 1 aromatic rings. The van der Waals surface area contributed by atoms with Gasteiger partial charge >= 0.3 is 0 Å². The van der Waals surface area contributed by atoms with Crippen LogP contribution in [0.1, 0.15) is 33.1 Å². The Balaban J connectivity index is 0.000000594. The van der Waals surface area contributed by atoms with Crippen molar-refractivity contribution < 1.29 is 9.59 Å². The van der Waals surface area contributed by atoms with E-state index in [9.17, 15) is 9.59 Å². The molecule has 1 N–H and O–H groups in total. The highest BCUT2D eigenvalue weighted by Gasteiger charge is 2.30. The van der Waals surface area contributed by atoms with E-state index in [4.69, 9.17) is 7.85 Å². The summed E-state index contributed by atoms with van der Waals surface area (Å²) in [6, 6.07) is 6.95. The summed E-state index contributed by atoms with van der Waals surface area (Å²) in [5, 5.41) is 2.72. The van der Waals surface area contributed by atoms with E-state index in [1.807, 2.05) is 13.8 Å². The first-order valence-electron chi connectivity index (χ1n) is 7.81. The molecule has 1 saturated carbocycles. The Hall–Kier alpha value is -2.17. The van der Waals surface area contributed by atoms with Crippen molar-refractivity contribution in [3.63, 3.8) is 0 Å². The van der Waals surface area contributed by atoms with Crippen molar-refractivity contribution in [1.29, 1.82) is 0 Å². The molecule has 4 nitrogen and oxygen atoms in total. The summed E-state index contributed by atoms with van der Waals surface area (Å²) in [4.78, 5) is 26.6. The molecule has 2 radical (unpaired) electrons. The van der Waals surface area contributed by atoms with Crippen molar-refractivity contribution in [3.05, 3.63) is 36.9 Å². The van der Waals surface area contributed by atoms with Gasteiger partial charge in [0.2, 0.25) is 5.91 Å². The Labute approximate surface area is 140 Å². The van der Waals surface area contributed by atoms with Gasteiger partial charge in [-0.1, -0.05) is 37.5 Å². The van der Waals surface area contributed by atoms with Crippen LogP contribution in [0.4, 0.5) is 5.69 Å². The van der Waals surface area contributed by atoms with Gasteiger partial charge < -0.3 is 5.32 Å². The fraction of sp³-hybridized carbons (Fsp3) is 0.389. The molecular weight excluding hydrogens is 287 g/mol. The number of anilines is 1. The lowest BCUT2D eigenvalue weighted by Gasteiger charge is -2.09. The maximum Gasteiger partial charge on any atom is 0.234 e. The minimum Gasteiger partial charge on any atom is -0.325 e.